The molecule has 5 nitrogen and oxygen atoms in total. The fraction of sp³-hybridized carbons (Fsp3) is 0.188. The second-order valence-corrected chi connectivity index (χ2v) is 5.95. The van der Waals surface area contributed by atoms with E-state index >= 15 is 0 Å². The summed E-state index contributed by atoms with van der Waals surface area (Å²) in [7, 11) is 0. The number of carbonyl (C=O) groups excluding carboxylic acids is 3. The summed E-state index contributed by atoms with van der Waals surface area (Å²) in [4.78, 5) is 42.7. The topological polar surface area (TPSA) is 63.7 Å². The lowest BCUT2D eigenvalue weighted by atomic mass is 10.1. The average molecular weight is 315 g/mol. The Morgan fingerprint density at radius 1 is 1.18 bits per heavy atom. The van der Waals surface area contributed by atoms with Crippen LogP contribution in [0.2, 0.25) is 0 Å². The van der Waals surface area contributed by atoms with E-state index in [0.717, 1.165) is 10.4 Å². The number of amides is 2. The van der Waals surface area contributed by atoms with Crippen LogP contribution in [0.5, 0.6) is 0 Å². The molecule has 1 aliphatic heterocycles. The number of aryl methyl sites for hydroxylation is 1. The Balaban J connectivity index is 1.87. The first-order valence-electron chi connectivity index (χ1n) is 6.81. The van der Waals surface area contributed by atoms with Crippen LogP contribution in [-0.4, -0.2) is 22.8 Å². The average Bonchev–Trinajstić information content (AvgIpc) is 3.01. The van der Waals surface area contributed by atoms with Crippen molar-refractivity contribution in [1.29, 1.82) is 0 Å². The highest BCUT2D eigenvalue weighted by atomic mass is 32.1. The van der Waals surface area contributed by atoms with E-state index in [1.807, 2.05) is 13.8 Å². The van der Waals surface area contributed by atoms with E-state index < -0.39 is 17.8 Å². The first kappa shape index (κ1) is 14.5. The molecule has 0 fully saturated rings. The molecule has 0 unspecified atom stereocenters. The van der Waals surface area contributed by atoms with Crippen molar-refractivity contribution >= 4 is 29.1 Å². The molecule has 2 heterocycles. The summed E-state index contributed by atoms with van der Waals surface area (Å²) in [5, 5.41) is 2.23. The monoisotopic (exact) mass is 315 g/mol. The third kappa shape index (κ3) is 2.12. The highest BCUT2D eigenvalue weighted by Gasteiger charge is 2.39. The summed E-state index contributed by atoms with van der Waals surface area (Å²) in [6.07, 6.45) is 0.682. The zero-order valence-electron chi connectivity index (χ0n) is 12.1. The molecule has 112 valence electrons. The van der Waals surface area contributed by atoms with Gasteiger partial charge in [-0.3, -0.25) is 9.59 Å². The Labute approximate surface area is 131 Å². The Hall–Kier alpha value is -2.47. The van der Waals surface area contributed by atoms with E-state index in [4.69, 9.17) is 4.84 Å². The van der Waals surface area contributed by atoms with Crippen LogP contribution < -0.4 is 0 Å². The van der Waals surface area contributed by atoms with Crippen LogP contribution in [-0.2, 0) is 11.3 Å². The van der Waals surface area contributed by atoms with Crippen LogP contribution in [0.1, 0.15) is 48.4 Å². The molecule has 0 aliphatic carbocycles. The van der Waals surface area contributed by atoms with Gasteiger partial charge in [0.25, 0.3) is 11.8 Å². The predicted octanol–water partition coefficient (Wildman–Crippen LogP) is 2.99. The molecule has 2 aromatic rings. The lowest BCUT2D eigenvalue weighted by Crippen LogP contribution is -2.32. The highest BCUT2D eigenvalue weighted by molar-refractivity contribution is 7.10. The number of rotatable bonds is 3. The number of hydrogen-bond acceptors (Lipinski definition) is 5. The minimum Gasteiger partial charge on any atom is -0.324 e. The summed E-state index contributed by atoms with van der Waals surface area (Å²) >= 11 is 1.44. The number of carbonyl (C=O) groups is 3. The van der Waals surface area contributed by atoms with Gasteiger partial charge in [-0.1, -0.05) is 24.1 Å². The number of fused-ring (bicyclic) bond motifs is 1. The Morgan fingerprint density at radius 2 is 1.77 bits per heavy atom. The van der Waals surface area contributed by atoms with Gasteiger partial charge in [0, 0.05) is 10.3 Å². The van der Waals surface area contributed by atoms with E-state index in [1.165, 1.54) is 23.5 Å². The molecule has 3 rings (SSSR count). The van der Waals surface area contributed by atoms with Gasteiger partial charge in [0.05, 0.1) is 16.7 Å². The number of benzene rings is 1. The molecule has 0 bridgehead atoms. The van der Waals surface area contributed by atoms with E-state index in [-0.39, 0.29) is 11.1 Å². The van der Waals surface area contributed by atoms with Gasteiger partial charge in [0.15, 0.2) is 0 Å². The van der Waals surface area contributed by atoms with Gasteiger partial charge in [-0.05, 0) is 31.0 Å². The molecule has 0 atom stereocenters. The second kappa shape index (κ2) is 5.38. The molecule has 0 saturated carbocycles. The van der Waals surface area contributed by atoms with Gasteiger partial charge < -0.3 is 4.84 Å². The minimum absolute atomic E-state index is 0.248. The predicted molar refractivity (Wildman–Crippen MR) is 80.8 cm³/mol. The second-order valence-electron chi connectivity index (χ2n) is 4.87. The van der Waals surface area contributed by atoms with Crippen LogP contribution in [0.3, 0.4) is 0 Å². The smallest absolute Gasteiger partial charge is 0.324 e. The molecule has 0 radical (unpaired) electrons. The van der Waals surface area contributed by atoms with E-state index in [1.54, 1.807) is 17.5 Å². The SMILES string of the molecule is CCc1c(C(=O)ON2C(=O)c3ccccc3C2=O)csc1C. The van der Waals surface area contributed by atoms with Crippen molar-refractivity contribution in [2.24, 2.45) is 0 Å². The van der Waals surface area contributed by atoms with Gasteiger partial charge in [-0.25, -0.2) is 4.79 Å². The quantitative estimate of drug-likeness (QED) is 0.817. The first-order chi connectivity index (χ1) is 10.5. The first-order valence-corrected chi connectivity index (χ1v) is 7.69. The van der Waals surface area contributed by atoms with Gasteiger partial charge in [0.1, 0.15) is 0 Å². The molecule has 0 saturated heterocycles. The molecule has 1 aromatic carbocycles. The third-order valence-electron chi connectivity index (χ3n) is 3.61. The van der Waals surface area contributed by atoms with Crippen LogP contribution in [0.4, 0.5) is 0 Å². The number of nitrogens with zero attached hydrogens (tertiary/aromatic N) is 1. The fourth-order valence-corrected chi connectivity index (χ4v) is 3.40. The number of thiophene rings is 1. The Morgan fingerprint density at radius 3 is 2.32 bits per heavy atom. The summed E-state index contributed by atoms with van der Waals surface area (Å²) < 4.78 is 0. The fourth-order valence-electron chi connectivity index (χ4n) is 2.47. The van der Waals surface area contributed by atoms with Gasteiger partial charge in [0.2, 0.25) is 0 Å². The van der Waals surface area contributed by atoms with Crippen LogP contribution in [0, 0.1) is 6.92 Å². The number of hydroxylamine groups is 2. The van der Waals surface area contributed by atoms with Crippen LogP contribution in [0.25, 0.3) is 0 Å². The molecule has 22 heavy (non-hydrogen) atoms. The molecule has 1 aliphatic rings. The molecule has 0 spiro atoms. The Bertz CT molecular complexity index is 758. The maximum absolute atomic E-state index is 12.3. The molecular formula is C16H13NO4S. The van der Waals surface area contributed by atoms with Crippen molar-refractivity contribution in [3.8, 4) is 0 Å². The van der Waals surface area contributed by atoms with Crippen LogP contribution in [0.15, 0.2) is 29.6 Å². The normalized spacial score (nSPS) is 13.5. The largest absolute Gasteiger partial charge is 0.365 e. The minimum atomic E-state index is -0.685. The molecule has 2 amide bonds. The van der Waals surface area contributed by atoms with Crippen molar-refractivity contribution in [1.82, 2.24) is 5.06 Å². The van der Waals surface area contributed by atoms with Crippen molar-refractivity contribution in [2.75, 3.05) is 0 Å². The van der Waals surface area contributed by atoms with Gasteiger partial charge in [-0.2, -0.15) is 0 Å². The van der Waals surface area contributed by atoms with Crippen molar-refractivity contribution < 1.29 is 19.2 Å². The Kier molecular flexibility index (Phi) is 3.54. The van der Waals surface area contributed by atoms with Gasteiger partial charge >= 0.3 is 5.97 Å². The molecule has 6 heteroatoms. The molecular weight excluding hydrogens is 302 g/mol. The van der Waals surface area contributed by atoms with Crippen molar-refractivity contribution in [3.63, 3.8) is 0 Å². The highest BCUT2D eigenvalue weighted by Crippen LogP contribution is 2.26. The lowest BCUT2D eigenvalue weighted by molar-refractivity contribution is -0.0584. The molecule has 0 N–H and O–H groups in total. The summed E-state index contributed by atoms with van der Waals surface area (Å²) in [5.74, 6) is -1.91. The standard InChI is InChI=1S/C16H13NO4S/c1-3-10-9(2)22-8-13(10)16(20)21-17-14(18)11-6-4-5-7-12(11)15(17)19/h4-8H,3H2,1-2H3. The maximum atomic E-state index is 12.3. The van der Waals surface area contributed by atoms with Crippen LogP contribution >= 0.6 is 11.3 Å². The lowest BCUT2D eigenvalue weighted by Gasteiger charge is -2.12. The van der Waals surface area contributed by atoms with E-state index in [2.05, 4.69) is 0 Å². The zero-order chi connectivity index (χ0) is 15.9. The maximum Gasteiger partial charge on any atom is 0.365 e. The van der Waals surface area contributed by atoms with Crippen molar-refractivity contribution in [2.45, 2.75) is 20.3 Å². The van der Waals surface area contributed by atoms with E-state index in [0.29, 0.717) is 17.0 Å². The summed E-state index contributed by atoms with van der Waals surface area (Å²) in [6.45, 7) is 3.86. The number of imide groups is 1. The summed E-state index contributed by atoms with van der Waals surface area (Å²) in [5.41, 5.74) is 1.78. The molecule has 1 aromatic heterocycles. The van der Waals surface area contributed by atoms with Gasteiger partial charge in [-0.15, -0.1) is 11.3 Å². The zero-order valence-corrected chi connectivity index (χ0v) is 12.9. The number of hydrogen-bond donors (Lipinski definition) is 0. The van der Waals surface area contributed by atoms with E-state index in [9.17, 15) is 14.4 Å². The summed E-state index contributed by atoms with van der Waals surface area (Å²) in [6, 6.07) is 6.39. The van der Waals surface area contributed by atoms with Crippen molar-refractivity contribution in [3.05, 3.63) is 56.8 Å². The third-order valence-corrected chi connectivity index (χ3v) is 4.56.